The number of amides is 1. The Morgan fingerprint density at radius 3 is 2.67 bits per heavy atom. The lowest BCUT2D eigenvalue weighted by Crippen LogP contribution is -2.60. The quantitative estimate of drug-likeness (QED) is 0.564. The Morgan fingerprint density at radius 2 is 2.17 bits per heavy atom. The molecule has 1 aliphatic carbocycles. The normalized spacial score (nSPS) is 25.1. The van der Waals surface area contributed by atoms with E-state index in [9.17, 15) is 4.79 Å². The summed E-state index contributed by atoms with van der Waals surface area (Å²) >= 11 is 0. The van der Waals surface area contributed by atoms with Crippen molar-refractivity contribution in [1.29, 1.82) is 0 Å². The van der Waals surface area contributed by atoms with Crippen LogP contribution in [-0.2, 0) is 4.79 Å². The average Bonchev–Trinajstić information content (AvgIpc) is 2.78. The Morgan fingerprint density at radius 1 is 1.50 bits per heavy atom. The first kappa shape index (κ1) is 8.01. The van der Waals surface area contributed by atoms with Crippen molar-refractivity contribution >= 4 is 5.91 Å². The van der Waals surface area contributed by atoms with Gasteiger partial charge in [-0.05, 0) is 12.8 Å². The van der Waals surface area contributed by atoms with E-state index >= 15 is 0 Å². The van der Waals surface area contributed by atoms with Crippen LogP contribution in [0.4, 0.5) is 0 Å². The van der Waals surface area contributed by atoms with Crippen molar-refractivity contribution in [3.63, 3.8) is 0 Å². The molecule has 4 heteroatoms. The van der Waals surface area contributed by atoms with Crippen LogP contribution in [0.1, 0.15) is 12.8 Å². The fourth-order valence-corrected chi connectivity index (χ4v) is 1.63. The van der Waals surface area contributed by atoms with Gasteiger partial charge in [0.05, 0.1) is 12.6 Å². The molecule has 0 atom stereocenters. The topological polar surface area (TPSA) is 58.4 Å². The largest absolute Gasteiger partial charge is 0.350 e. The van der Waals surface area contributed by atoms with E-state index < -0.39 is 0 Å². The number of nitrogens with two attached hydrogens (primary N) is 1. The van der Waals surface area contributed by atoms with Gasteiger partial charge >= 0.3 is 0 Å². The highest BCUT2D eigenvalue weighted by atomic mass is 16.1. The number of nitrogens with zero attached hydrogens (tertiary/aromatic N) is 1. The summed E-state index contributed by atoms with van der Waals surface area (Å²) in [6.07, 6.45) is 2.69. The molecule has 0 unspecified atom stereocenters. The number of likely N-dealkylation sites (tertiary alicyclic amines) is 1. The smallest absolute Gasteiger partial charge is 0.234 e. The minimum absolute atomic E-state index is 0.0320. The summed E-state index contributed by atoms with van der Waals surface area (Å²) in [7, 11) is 0. The van der Waals surface area contributed by atoms with Crippen LogP contribution in [0.5, 0.6) is 0 Å². The number of carbonyl (C=O) groups is 1. The van der Waals surface area contributed by atoms with Crippen molar-refractivity contribution in [1.82, 2.24) is 10.2 Å². The van der Waals surface area contributed by atoms with E-state index in [2.05, 4.69) is 10.2 Å². The molecule has 0 spiro atoms. The molecule has 0 radical (unpaired) electrons. The lowest BCUT2D eigenvalue weighted by molar-refractivity contribution is -0.121. The molecular formula is C8H15N3O. The van der Waals surface area contributed by atoms with Gasteiger partial charge in [-0.2, -0.15) is 0 Å². The van der Waals surface area contributed by atoms with Gasteiger partial charge in [-0.15, -0.1) is 0 Å². The average molecular weight is 169 g/mol. The third-order valence-electron chi connectivity index (χ3n) is 2.52. The van der Waals surface area contributed by atoms with Gasteiger partial charge in [0.25, 0.3) is 0 Å². The molecule has 2 aliphatic rings. The maximum Gasteiger partial charge on any atom is 0.234 e. The molecule has 2 fully saturated rings. The molecule has 2 rings (SSSR count). The van der Waals surface area contributed by atoms with Gasteiger partial charge in [-0.3, -0.25) is 9.69 Å². The van der Waals surface area contributed by atoms with Crippen molar-refractivity contribution in [2.24, 2.45) is 5.73 Å². The van der Waals surface area contributed by atoms with Crippen LogP contribution in [-0.4, -0.2) is 42.5 Å². The molecule has 4 nitrogen and oxygen atoms in total. The highest BCUT2D eigenvalue weighted by Crippen LogP contribution is 2.30. The third kappa shape index (κ3) is 1.59. The van der Waals surface area contributed by atoms with Crippen molar-refractivity contribution in [2.45, 2.75) is 24.9 Å². The van der Waals surface area contributed by atoms with E-state index in [1.54, 1.807) is 0 Å². The van der Waals surface area contributed by atoms with Gasteiger partial charge in [0, 0.05) is 19.1 Å². The Balaban J connectivity index is 1.64. The fraction of sp³-hybridized carbons (Fsp3) is 0.875. The van der Waals surface area contributed by atoms with Crippen molar-refractivity contribution in [3.8, 4) is 0 Å². The number of hydrogen-bond acceptors (Lipinski definition) is 3. The molecule has 0 bridgehead atoms. The van der Waals surface area contributed by atoms with Gasteiger partial charge < -0.3 is 11.1 Å². The van der Waals surface area contributed by atoms with E-state index in [0.717, 1.165) is 19.1 Å². The summed E-state index contributed by atoms with van der Waals surface area (Å²) in [5.74, 6) is -0.0320. The van der Waals surface area contributed by atoms with Crippen LogP contribution in [0.3, 0.4) is 0 Å². The summed E-state index contributed by atoms with van der Waals surface area (Å²) in [5.41, 5.74) is 5.18. The maximum atomic E-state index is 10.9. The highest BCUT2D eigenvalue weighted by Gasteiger charge is 2.38. The molecule has 0 aromatic heterocycles. The van der Waals surface area contributed by atoms with Gasteiger partial charge in [-0.25, -0.2) is 0 Å². The SMILES string of the molecule is NCC(=O)NC1CN(C2CC2)C1. The summed E-state index contributed by atoms with van der Waals surface area (Å²) in [5, 5.41) is 2.87. The number of nitrogens with one attached hydrogen (secondary N) is 1. The van der Waals surface area contributed by atoms with Crippen LogP contribution in [0, 0.1) is 0 Å². The Hall–Kier alpha value is -0.610. The predicted molar refractivity (Wildman–Crippen MR) is 45.6 cm³/mol. The zero-order valence-electron chi connectivity index (χ0n) is 7.12. The van der Waals surface area contributed by atoms with Crippen LogP contribution in [0.25, 0.3) is 0 Å². The van der Waals surface area contributed by atoms with Gasteiger partial charge in [0.15, 0.2) is 0 Å². The number of rotatable bonds is 3. The Kier molecular flexibility index (Phi) is 2.02. The first-order chi connectivity index (χ1) is 5.79. The van der Waals surface area contributed by atoms with E-state index in [0.29, 0.717) is 6.04 Å². The first-order valence-electron chi connectivity index (χ1n) is 4.53. The molecule has 12 heavy (non-hydrogen) atoms. The molecule has 1 saturated heterocycles. The summed E-state index contributed by atoms with van der Waals surface area (Å²) in [6, 6.07) is 1.19. The Bertz CT molecular complexity index is 185. The molecule has 1 aliphatic heterocycles. The second-order valence-corrected chi connectivity index (χ2v) is 3.65. The van der Waals surface area contributed by atoms with Gasteiger partial charge in [0.1, 0.15) is 0 Å². The minimum Gasteiger partial charge on any atom is -0.350 e. The van der Waals surface area contributed by atoms with Crippen LogP contribution in [0.15, 0.2) is 0 Å². The highest BCUT2D eigenvalue weighted by molar-refractivity contribution is 5.78. The molecule has 0 aromatic rings. The van der Waals surface area contributed by atoms with Gasteiger partial charge in [0.2, 0.25) is 5.91 Å². The monoisotopic (exact) mass is 169 g/mol. The second-order valence-electron chi connectivity index (χ2n) is 3.65. The molecular weight excluding hydrogens is 154 g/mol. The molecule has 3 N–H and O–H groups in total. The van der Waals surface area contributed by atoms with Crippen molar-refractivity contribution in [2.75, 3.05) is 19.6 Å². The second kappa shape index (κ2) is 3.03. The molecule has 0 aromatic carbocycles. The van der Waals surface area contributed by atoms with E-state index in [4.69, 9.17) is 5.73 Å². The third-order valence-corrected chi connectivity index (χ3v) is 2.52. The molecule has 1 saturated carbocycles. The maximum absolute atomic E-state index is 10.9. The first-order valence-corrected chi connectivity index (χ1v) is 4.53. The standard InChI is InChI=1S/C8H15N3O/c9-3-8(12)10-6-4-11(5-6)7-1-2-7/h6-7H,1-5,9H2,(H,10,12). The van der Waals surface area contributed by atoms with E-state index in [1.165, 1.54) is 12.8 Å². The number of carbonyl (C=O) groups excluding carboxylic acids is 1. The summed E-state index contributed by atoms with van der Waals surface area (Å²) in [6.45, 7) is 2.16. The van der Waals surface area contributed by atoms with Crippen LogP contribution >= 0.6 is 0 Å². The summed E-state index contributed by atoms with van der Waals surface area (Å²) < 4.78 is 0. The van der Waals surface area contributed by atoms with E-state index in [1.807, 2.05) is 0 Å². The molecule has 1 heterocycles. The number of hydrogen-bond donors (Lipinski definition) is 2. The van der Waals surface area contributed by atoms with Crippen molar-refractivity contribution in [3.05, 3.63) is 0 Å². The van der Waals surface area contributed by atoms with Crippen molar-refractivity contribution < 1.29 is 4.79 Å². The predicted octanol–water partition coefficient (Wildman–Crippen LogP) is -1.09. The Labute approximate surface area is 72.1 Å². The minimum atomic E-state index is -0.0320. The lowest BCUT2D eigenvalue weighted by atomic mass is 10.1. The van der Waals surface area contributed by atoms with E-state index in [-0.39, 0.29) is 12.5 Å². The summed E-state index contributed by atoms with van der Waals surface area (Å²) in [4.78, 5) is 13.3. The zero-order valence-corrected chi connectivity index (χ0v) is 7.12. The molecule has 68 valence electrons. The molecule has 1 amide bonds. The zero-order chi connectivity index (χ0) is 8.55. The lowest BCUT2D eigenvalue weighted by Gasteiger charge is -2.39. The van der Waals surface area contributed by atoms with Crippen LogP contribution in [0.2, 0.25) is 0 Å². The van der Waals surface area contributed by atoms with Crippen LogP contribution < -0.4 is 11.1 Å². The fourth-order valence-electron chi connectivity index (χ4n) is 1.63. The van der Waals surface area contributed by atoms with Gasteiger partial charge in [-0.1, -0.05) is 0 Å².